The van der Waals surface area contributed by atoms with Crippen molar-refractivity contribution in [1.29, 1.82) is 0 Å². The van der Waals surface area contributed by atoms with Crippen LogP contribution in [0.3, 0.4) is 0 Å². The number of hydrogen-bond donors (Lipinski definition) is 1. The first kappa shape index (κ1) is 11.8. The summed E-state index contributed by atoms with van der Waals surface area (Å²) in [6.07, 6.45) is 2.27. The van der Waals surface area contributed by atoms with Crippen LogP contribution in [0.15, 0.2) is 28.9 Å². The largest absolute Gasteiger partial charge is 0.389 e. The zero-order valence-electron chi connectivity index (χ0n) is 10.2. The lowest BCUT2D eigenvalue weighted by Crippen LogP contribution is -1.93. The van der Waals surface area contributed by atoms with Gasteiger partial charge >= 0.3 is 0 Å². The Hall–Kier alpha value is -2.28. The molecule has 6 nitrogen and oxygen atoms in total. The summed E-state index contributed by atoms with van der Waals surface area (Å²) in [5.41, 5.74) is 8.27. The molecule has 3 aromatic heterocycles. The van der Waals surface area contributed by atoms with E-state index in [4.69, 9.17) is 10.3 Å². The Morgan fingerprint density at radius 3 is 2.95 bits per heavy atom. The zero-order chi connectivity index (χ0) is 13.2. The maximum absolute atomic E-state index is 5.85. The van der Waals surface area contributed by atoms with Gasteiger partial charge in [-0.1, -0.05) is 11.2 Å². The number of hydrogen-bond acceptors (Lipinski definition) is 7. The molecule has 0 amide bonds. The maximum atomic E-state index is 5.85. The first-order chi connectivity index (χ1) is 9.24. The van der Waals surface area contributed by atoms with E-state index in [1.54, 1.807) is 6.20 Å². The average Bonchev–Trinajstić information content (AvgIpc) is 2.98. The Bertz CT molecular complexity index is 672. The van der Waals surface area contributed by atoms with Gasteiger partial charge in [-0.3, -0.25) is 4.98 Å². The normalized spacial score (nSPS) is 10.8. The third kappa shape index (κ3) is 2.32. The van der Waals surface area contributed by atoms with Crippen LogP contribution in [0.25, 0.3) is 11.5 Å². The van der Waals surface area contributed by atoms with Gasteiger partial charge < -0.3 is 10.3 Å². The molecule has 0 radical (unpaired) electrons. The number of aryl methyl sites for hydroxylation is 1. The van der Waals surface area contributed by atoms with E-state index in [-0.39, 0.29) is 0 Å². The summed E-state index contributed by atoms with van der Waals surface area (Å²) in [5, 5.41) is 4.53. The first-order valence-electron chi connectivity index (χ1n) is 5.68. The van der Waals surface area contributed by atoms with Crippen LogP contribution >= 0.6 is 11.5 Å². The van der Waals surface area contributed by atoms with E-state index in [1.807, 2.05) is 25.1 Å². The number of nitrogen functional groups attached to an aromatic ring is 1. The molecule has 0 unspecified atom stereocenters. The molecular weight excluding hydrogens is 262 g/mol. The molecule has 0 spiro atoms. The molecule has 3 aromatic rings. The second kappa shape index (κ2) is 4.77. The minimum Gasteiger partial charge on any atom is -0.389 e. The molecule has 0 aromatic carbocycles. The Balaban J connectivity index is 1.88. The Morgan fingerprint density at radius 1 is 1.37 bits per heavy atom. The molecule has 3 heterocycles. The van der Waals surface area contributed by atoms with Crippen molar-refractivity contribution in [2.45, 2.75) is 13.3 Å². The third-order valence-electron chi connectivity index (χ3n) is 2.64. The standard InChI is InChI=1S/C12H11N5OS/c1-7-10(11(13)19-17-7)12-15-9(16-18-12)6-8-4-2-3-5-14-8/h2-5H,6,13H2,1H3. The van der Waals surface area contributed by atoms with Crippen molar-refractivity contribution in [2.75, 3.05) is 5.73 Å². The van der Waals surface area contributed by atoms with Crippen molar-refractivity contribution < 1.29 is 4.52 Å². The van der Waals surface area contributed by atoms with Crippen molar-refractivity contribution in [3.8, 4) is 11.5 Å². The van der Waals surface area contributed by atoms with Gasteiger partial charge in [0.1, 0.15) is 5.00 Å². The molecule has 0 bridgehead atoms. The summed E-state index contributed by atoms with van der Waals surface area (Å²) in [5.74, 6) is 0.994. The van der Waals surface area contributed by atoms with Gasteiger partial charge in [0.15, 0.2) is 5.82 Å². The number of pyridine rings is 1. The number of aromatic nitrogens is 4. The molecule has 3 rings (SSSR count). The number of rotatable bonds is 3. The van der Waals surface area contributed by atoms with Gasteiger partial charge in [-0.2, -0.15) is 9.36 Å². The predicted octanol–water partition coefficient (Wildman–Crippen LogP) is 2.07. The minimum atomic E-state index is 0.412. The van der Waals surface area contributed by atoms with E-state index in [2.05, 4.69) is 19.5 Å². The summed E-state index contributed by atoms with van der Waals surface area (Å²) in [4.78, 5) is 8.56. The van der Waals surface area contributed by atoms with Crippen LogP contribution in [0.1, 0.15) is 17.2 Å². The topological polar surface area (TPSA) is 90.7 Å². The summed E-state index contributed by atoms with van der Waals surface area (Å²) in [6, 6.07) is 5.71. The van der Waals surface area contributed by atoms with Crippen molar-refractivity contribution in [2.24, 2.45) is 0 Å². The van der Waals surface area contributed by atoms with E-state index in [0.29, 0.717) is 23.1 Å². The predicted molar refractivity (Wildman–Crippen MR) is 71.6 cm³/mol. The second-order valence-electron chi connectivity index (χ2n) is 4.02. The van der Waals surface area contributed by atoms with Gasteiger partial charge in [0.05, 0.1) is 17.7 Å². The molecule has 0 aliphatic heterocycles. The highest BCUT2D eigenvalue weighted by Gasteiger charge is 2.17. The Labute approximate surface area is 113 Å². The summed E-state index contributed by atoms with van der Waals surface area (Å²) < 4.78 is 9.40. The fourth-order valence-electron chi connectivity index (χ4n) is 1.74. The SMILES string of the molecule is Cc1nsc(N)c1-c1nc(Cc2ccccn2)no1. The summed E-state index contributed by atoms with van der Waals surface area (Å²) in [6.45, 7) is 1.87. The van der Waals surface area contributed by atoms with Gasteiger partial charge in [0, 0.05) is 11.9 Å². The molecule has 0 saturated heterocycles. The molecule has 7 heteroatoms. The highest BCUT2D eigenvalue weighted by Crippen LogP contribution is 2.30. The van der Waals surface area contributed by atoms with E-state index in [0.717, 1.165) is 17.0 Å². The Morgan fingerprint density at radius 2 is 2.26 bits per heavy atom. The molecule has 96 valence electrons. The quantitative estimate of drug-likeness (QED) is 0.785. The highest BCUT2D eigenvalue weighted by atomic mass is 32.1. The number of nitrogens with zero attached hydrogens (tertiary/aromatic N) is 4. The molecule has 0 fully saturated rings. The molecule has 0 aliphatic carbocycles. The van der Waals surface area contributed by atoms with Crippen LogP contribution in [-0.4, -0.2) is 19.5 Å². The van der Waals surface area contributed by atoms with E-state index in [1.165, 1.54) is 11.5 Å². The van der Waals surface area contributed by atoms with Crippen molar-refractivity contribution in [1.82, 2.24) is 19.5 Å². The molecule has 0 atom stereocenters. The maximum Gasteiger partial charge on any atom is 0.262 e. The minimum absolute atomic E-state index is 0.412. The first-order valence-corrected chi connectivity index (χ1v) is 6.46. The van der Waals surface area contributed by atoms with Crippen molar-refractivity contribution >= 4 is 16.5 Å². The van der Waals surface area contributed by atoms with E-state index in [9.17, 15) is 0 Å². The third-order valence-corrected chi connectivity index (χ3v) is 3.40. The molecule has 0 aliphatic rings. The highest BCUT2D eigenvalue weighted by molar-refractivity contribution is 7.10. The van der Waals surface area contributed by atoms with Crippen LogP contribution in [0, 0.1) is 6.92 Å². The van der Waals surface area contributed by atoms with Crippen LogP contribution in [-0.2, 0) is 6.42 Å². The van der Waals surface area contributed by atoms with Gasteiger partial charge in [-0.05, 0) is 30.6 Å². The smallest absolute Gasteiger partial charge is 0.262 e. The van der Waals surface area contributed by atoms with E-state index < -0.39 is 0 Å². The zero-order valence-corrected chi connectivity index (χ0v) is 11.0. The second-order valence-corrected chi connectivity index (χ2v) is 4.83. The van der Waals surface area contributed by atoms with E-state index >= 15 is 0 Å². The Kier molecular flexibility index (Phi) is 2.96. The number of anilines is 1. The van der Waals surface area contributed by atoms with Gasteiger partial charge in [0.25, 0.3) is 5.89 Å². The average molecular weight is 273 g/mol. The van der Waals surface area contributed by atoms with Crippen molar-refractivity contribution in [3.63, 3.8) is 0 Å². The molecule has 0 saturated carbocycles. The fraction of sp³-hybridized carbons (Fsp3) is 0.167. The number of nitrogens with two attached hydrogens (primary N) is 1. The monoisotopic (exact) mass is 273 g/mol. The molecule has 19 heavy (non-hydrogen) atoms. The lowest BCUT2D eigenvalue weighted by molar-refractivity contribution is 0.423. The lowest BCUT2D eigenvalue weighted by atomic mass is 10.2. The summed E-state index contributed by atoms with van der Waals surface area (Å²) >= 11 is 1.23. The van der Waals surface area contributed by atoms with Crippen LogP contribution < -0.4 is 5.73 Å². The van der Waals surface area contributed by atoms with Gasteiger partial charge in [-0.15, -0.1) is 0 Å². The molecule has 2 N–H and O–H groups in total. The van der Waals surface area contributed by atoms with Crippen LogP contribution in [0.4, 0.5) is 5.00 Å². The fourth-order valence-corrected chi connectivity index (χ4v) is 2.39. The van der Waals surface area contributed by atoms with Crippen LogP contribution in [0.2, 0.25) is 0 Å². The lowest BCUT2D eigenvalue weighted by Gasteiger charge is -1.93. The van der Waals surface area contributed by atoms with Crippen molar-refractivity contribution in [3.05, 3.63) is 41.6 Å². The summed E-state index contributed by atoms with van der Waals surface area (Å²) in [7, 11) is 0. The van der Waals surface area contributed by atoms with Gasteiger partial charge in [0.2, 0.25) is 0 Å². The van der Waals surface area contributed by atoms with Crippen LogP contribution in [0.5, 0.6) is 0 Å². The van der Waals surface area contributed by atoms with Gasteiger partial charge in [-0.25, -0.2) is 0 Å². The molecular formula is C12H11N5OS.